The maximum Gasteiger partial charge on any atom is 0.242 e. The maximum atomic E-state index is 13.8. The Hall–Kier alpha value is -1.12. The lowest BCUT2D eigenvalue weighted by Gasteiger charge is -2.35. The monoisotopic (exact) mass is 414 g/mol. The van der Waals surface area contributed by atoms with Crippen molar-refractivity contribution in [3.8, 4) is 0 Å². The first-order valence-electron chi connectivity index (χ1n) is 7.41. The third-order valence-electron chi connectivity index (χ3n) is 3.79. The molecule has 1 aliphatic rings. The molecule has 0 aliphatic carbocycles. The van der Waals surface area contributed by atoms with Crippen LogP contribution in [0.25, 0.3) is 0 Å². The maximum absolute atomic E-state index is 13.8. The predicted molar refractivity (Wildman–Crippen MR) is 99.8 cm³/mol. The van der Waals surface area contributed by atoms with Crippen molar-refractivity contribution < 1.29 is 14.0 Å². The third-order valence-corrected chi connectivity index (χ3v) is 4.14. The lowest BCUT2D eigenvalue weighted by Crippen LogP contribution is -2.51. The largest absolute Gasteiger partial charge is 0.346 e. The molecule has 0 aromatic heterocycles. The Balaban J connectivity index is 0.00000288. The zero-order chi connectivity index (χ0) is 16.8. The molecule has 2 amide bonds. The Kier molecular flexibility index (Phi) is 11.0. The van der Waals surface area contributed by atoms with Gasteiger partial charge in [-0.15, -0.1) is 24.8 Å². The summed E-state index contributed by atoms with van der Waals surface area (Å²) < 4.78 is 13.8. The first kappa shape index (κ1) is 23.9. The summed E-state index contributed by atoms with van der Waals surface area (Å²) >= 11 is 6.03. The van der Waals surface area contributed by atoms with Gasteiger partial charge in [-0.2, -0.15) is 0 Å². The summed E-state index contributed by atoms with van der Waals surface area (Å²) in [7, 11) is 0. The van der Waals surface area contributed by atoms with Crippen LogP contribution in [0.4, 0.5) is 4.39 Å². The number of rotatable bonds is 5. The van der Waals surface area contributed by atoms with Crippen molar-refractivity contribution in [3.63, 3.8) is 0 Å². The van der Waals surface area contributed by atoms with Gasteiger partial charge in [0.15, 0.2) is 0 Å². The molecule has 6 nitrogen and oxygen atoms in total. The van der Waals surface area contributed by atoms with Gasteiger partial charge in [0.25, 0.3) is 0 Å². The Bertz CT molecular complexity index is 564. The van der Waals surface area contributed by atoms with Crippen molar-refractivity contribution >= 4 is 48.2 Å². The molecule has 142 valence electrons. The fraction of sp³-hybridized carbons (Fsp3) is 0.467. The summed E-state index contributed by atoms with van der Waals surface area (Å²) in [6.45, 7) is 2.55. The molecule has 2 rings (SSSR count). The highest BCUT2D eigenvalue weighted by atomic mass is 35.5. The van der Waals surface area contributed by atoms with Crippen LogP contribution < -0.4 is 11.1 Å². The fourth-order valence-electron chi connectivity index (χ4n) is 2.42. The van der Waals surface area contributed by atoms with E-state index >= 15 is 0 Å². The van der Waals surface area contributed by atoms with E-state index in [1.54, 1.807) is 17.0 Å². The van der Waals surface area contributed by atoms with E-state index in [-0.39, 0.29) is 55.5 Å². The van der Waals surface area contributed by atoms with Crippen LogP contribution in [0.3, 0.4) is 0 Å². The molecule has 0 radical (unpaired) electrons. The summed E-state index contributed by atoms with van der Waals surface area (Å²) in [4.78, 5) is 26.7. The molecule has 1 aromatic carbocycles. The Morgan fingerprint density at radius 2 is 1.84 bits per heavy atom. The molecule has 1 aliphatic heterocycles. The minimum absolute atomic E-state index is 0. The number of nitrogens with two attached hydrogens (primary N) is 1. The molecular weight excluding hydrogens is 394 g/mol. The van der Waals surface area contributed by atoms with E-state index in [2.05, 4.69) is 5.32 Å². The minimum Gasteiger partial charge on any atom is -0.346 e. The van der Waals surface area contributed by atoms with Crippen molar-refractivity contribution in [1.82, 2.24) is 15.1 Å². The van der Waals surface area contributed by atoms with E-state index in [0.717, 1.165) is 0 Å². The van der Waals surface area contributed by atoms with Gasteiger partial charge in [0, 0.05) is 43.3 Å². The number of nitrogens with one attached hydrogen (secondary N) is 1. The lowest BCUT2D eigenvalue weighted by molar-refractivity contribution is -0.134. The van der Waals surface area contributed by atoms with Gasteiger partial charge in [-0.25, -0.2) is 4.39 Å². The van der Waals surface area contributed by atoms with E-state index in [0.29, 0.717) is 43.3 Å². The molecule has 1 saturated heterocycles. The predicted octanol–water partition coefficient (Wildman–Crippen LogP) is 1.04. The summed E-state index contributed by atoms with van der Waals surface area (Å²) in [5.74, 6) is -0.818. The molecule has 1 heterocycles. The molecule has 25 heavy (non-hydrogen) atoms. The summed E-state index contributed by atoms with van der Waals surface area (Å²) in [5, 5.41) is 2.87. The van der Waals surface area contributed by atoms with Crippen molar-refractivity contribution in [2.45, 2.75) is 6.54 Å². The number of amides is 2. The zero-order valence-electron chi connectivity index (χ0n) is 13.5. The Morgan fingerprint density at radius 1 is 1.20 bits per heavy atom. The first-order chi connectivity index (χ1) is 11.0. The second-order valence-corrected chi connectivity index (χ2v) is 5.75. The number of benzene rings is 1. The number of halogens is 4. The van der Waals surface area contributed by atoms with Crippen LogP contribution in [0.1, 0.15) is 5.56 Å². The minimum atomic E-state index is -0.355. The highest BCUT2D eigenvalue weighted by molar-refractivity contribution is 6.31. The van der Waals surface area contributed by atoms with Gasteiger partial charge in [0.2, 0.25) is 11.8 Å². The van der Waals surface area contributed by atoms with Crippen LogP contribution in [-0.4, -0.2) is 60.9 Å². The van der Waals surface area contributed by atoms with Crippen LogP contribution >= 0.6 is 36.4 Å². The first-order valence-corrected chi connectivity index (χ1v) is 7.79. The molecule has 1 fully saturated rings. The topological polar surface area (TPSA) is 78.7 Å². The second kappa shape index (κ2) is 11.5. The molecule has 0 bridgehead atoms. The van der Waals surface area contributed by atoms with E-state index < -0.39 is 0 Å². The molecule has 10 heteroatoms. The highest BCUT2D eigenvalue weighted by Crippen LogP contribution is 2.21. The second-order valence-electron chi connectivity index (χ2n) is 5.34. The van der Waals surface area contributed by atoms with E-state index in [1.807, 2.05) is 4.90 Å². The van der Waals surface area contributed by atoms with Gasteiger partial charge in [-0.1, -0.05) is 17.7 Å². The summed E-state index contributed by atoms with van der Waals surface area (Å²) in [6, 6.07) is 4.63. The number of piperazine rings is 1. The molecule has 0 saturated carbocycles. The number of hydrogen-bond acceptors (Lipinski definition) is 4. The van der Waals surface area contributed by atoms with Crippen molar-refractivity contribution in [1.29, 1.82) is 0 Å². The molecule has 0 unspecified atom stereocenters. The van der Waals surface area contributed by atoms with Gasteiger partial charge >= 0.3 is 0 Å². The standard InChI is InChI=1S/C15H20ClFN4O2.2ClH/c16-12-2-1-3-13(17)11(12)10-20-4-6-21(7-5-20)15(23)9-19-14(22)8-18;;/h1-3H,4-10,18H2,(H,19,22);2*1H. The summed E-state index contributed by atoms with van der Waals surface area (Å²) in [6.07, 6.45) is 0. The van der Waals surface area contributed by atoms with Gasteiger partial charge in [0.05, 0.1) is 13.1 Å². The number of hydrogen-bond donors (Lipinski definition) is 2. The van der Waals surface area contributed by atoms with Gasteiger partial charge in [-0.05, 0) is 12.1 Å². The van der Waals surface area contributed by atoms with Crippen molar-refractivity contribution in [2.24, 2.45) is 5.73 Å². The third kappa shape index (κ3) is 6.95. The average Bonchev–Trinajstić information content (AvgIpc) is 2.56. The molecular formula is C15H22Cl3FN4O2. The van der Waals surface area contributed by atoms with Crippen molar-refractivity contribution in [2.75, 3.05) is 39.3 Å². The Labute approximate surface area is 163 Å². The van der Waals surface area contributed by atoms with E-state index in [9.17, 15) is 14.0 Å². The van der Waals surface area contributed by atoms with E-state index in [1.165, 1.54) is 6.07 Å². The van der Waals surface area contributed by atoms with Gasteiger partial charge < -0.3 is 16.0 Å². The Morgan fingerprint density at radius 3 is 2.40 bits per heavy atom. The van der Waals surface area contributed by atoms with Crippen LogP contribution in [0.2, 0.25) is 5.02 Å². The molecule has 3 N–H and O–H groups in total. The van der Waals surface area contributed by atoms with Gasteiger partial charge in [-0.3, -0.25) is 14.5 Å². The van der Waals surface area contributed by atoms with Crippen LogP contribution in [0.15, 0.2) is 18.2 Å². The lowest BCUT2D eigenvalue weighted by atomic mass is 10.2. The number of nitrogens with zero attached hydrogens (tertiary/aromatic N) is 2. The molecule has 0 spiro atoms. The smallest absolute Gasteiger partial charge is 0.242 e. The normalized spacial score (nSPS) is 14.3. The quantitative estimate of drug-likeness (QED) is 0.753. The molecule has 0 atom stereocenters. The zero-order valence-corrected chi connectivity index (χ0v) is 15.9. The SMILES string of the molecule is Cl.Cl.NCC(=O)NCC(=O)N1CCN(Cc2c(F)cccc2Cl)CC1. The fourth-order valence-corrected chi connectivity index (χ4v) is 2.64. The summed E-state index contributed by atoms with van der Waals surface area (Å²) in [5.41, 5.74) is 5.64. The number of carbonyl (C=O) groups excluding carboxylic acids is 2. The van der Waals surface area contributed by atoms with Gasteiger partial charge in [0.1, 0.15) is 5.82 Å². The average molecular weight is 416 g/mol. The van der Waals surface area contributed by atoms with E-state index in [4.69, 9.17) is 17.3 Å². The molecule has 1 aromatic rings. The van der Waals surface area contributed by atoms with Crippen LogP contribution in [0.5, 0.6) is 0 Å². The van der Waals surface area contributed by atoms with Crippen LogP contribution in [0, 0.1) is 5.82 Å². The van der Waals surface area contributed by atoms with Crippen LogP contribution in [-0.2, 0) is 16.1 Å². The van der Waals surface area contributed by atoms with Crippen molar-refractivity contribution in [3.05, 3.63) is 34.6 Å². The highest BCUT2D eigenvalue weighted by Gasteiger charge is 2.22. The number of carbonyl (C=O) groups is 2.